The van der Waals surface area contributed by atoms with Gasteiger partial charge in [0.1, 0.15) is 17.5 Å². The predicted molar refractivity (Wildman–Crippen MR) is 73.9 cm³/mol. The standard InChI is InChI=1S/C16H22F3N/c1-3-10-5-4-6-11(7-10)16(20-2)15-13(18)8-12(17)9-14(15)19/h8-11,16,20H,3-7H2,1-2H3. The molecule has 0 spiro atoms. The van der Waals surface area contributed by atoms with Crippen molar-refractivity contribution >= 4 is 0 Å². The van der Waals surface area contributed by atoms with Crippen LogP contribution in [0.25, 0.3) is 0 Å². The van der Waals surface area contributed by atoms with E-state index in [1.165, 1.54) is 6.42 Å². The van der Waals surface area contributed by atoms with Crippen molar-refractivity contribution in [3.05, 3.63) is 35.1 Å². The molecule has 1 saturated carbocycles. The highest BCUT2D eigenvalue weighted by Crippen LogP contribution is 2.39. The summed E-state index contributed by atoms with van der Waals surface area (Å²) in [7, 11) is 1.71. The van der Waals surface area contributed by atoms with Crippen LogP contribution in [0.3, 0.4) is 0 Å². The summed E-state index contributed by atoms with van der Waals surface area (Å²) in [6, 6.07) is 1.15. The monoisotopic (exact) mass is 285 g/mol. The van der Waals surface area contributed by atoms with Crippen LogP contribution < -0.4 is 5.32 Å². The van der Waals surface area contributed by atoms with E-state index in [1.54, 1.807) is 7.05 Å². The lowest BCUT2D eigenvalue weighted by Crippen LogP contribution is -2.31. The fourth-order valence-corrected chi connectivity index (χ4v) is 3.47. The van der Waals surface area contributed by atoms with Gasteiger partial charge in [-0.2, -0.15) is 0 Å². The van der Waals surface area contributed by atoms with Gasteiger partial charge in [-0.3, -0.25) is 0 Å². The van der Waals surface area contributed by atoms with Crippen LogP contribution in [-0.4, -0.2) is 7.05 Å². The van der Waals surface area contributed by atoms with Crippen LogP contribution in [0.5, 0.6) is 0 Å². The lowest BCUT2D eigenvalue weighted by atomic mass is 9.75. The van der Waals surface area contributed by atoms with Crippen LogP contribution >= 0.6 is 0 Å². The minimum absolute atomic E-state index is 0.0179. The molecule has 0 aromatic heterocycles. The van der Waals surface area contributed by atoms with Crippen molar-refractivity contribution in [3.8, 4) is 0 Å². The Balaban J connectivity index is 2.28. The van der Waals surface area contributed by atoms with E-state index in [0.29, 0.717) is 5.92 Å². The zero-order valence-corrected chi connectivity index (χ0v) is 12.1. The third kappa shape index (κ3) is 3.17. The average molecular weight is 285 g/mol. The molecule has 3 atom stereocenters. The summed E-state index contributed by atoms with van der Waals surface area (Å²) in [6.07, 6.45) is 5.31. The summed E-state index contributed by atoms with van der Waals surface area (Å²) in [6.45, 7) is 2.15. The second-order valence-corrected chi connectivity index (χ2v) is 5.75. The molecule has 0 amide bonds. The van der Waals surface area contributed by atoms with E-state index in [9.17, 15) is 13.2 Å². The van der Waals surface area contributed by atoms with Crippen molar-refractivity contribution in [2.75, 3.05) is 7.05 Å². The topological polar surface area (TPSA) is 12.0 Å². The molecule has 1 aromatic carbocycles. The number of hydrogen-bond donors (Lipinski definition) is 1. The number of nitrogens with one attached hydrogen (secondary N) is 1. The zero-order valence-electron chi connectivity index (χ0n) is 12.1. The minimum atomic E-state index is -0.867. The van der Waals surface area contributed by atoms with E-state index < -0.39 is 17.5 Å². The first-order valence-corrected chi connectivity index (χ1v) is 7.38. The Morgan fingerprint density at radius 2 is 1.85 bits per heavy atom. The first kappa shape index (κ1) is 15.4. The van der Waals surface area contributed by atoms with E-state index in [1.807, 2.05) is 0 Å². The van der Waals surface area contributed by atoms with Gasteiger partial charge < -0.3 is 5.32 Å². The zero-order chi connectivity index (χ0) is 14.7. The molecule has 0 bridgehead atoms. The Bertz CT molecular complexity index is 438. The summed E-state index contributed by atoms with van der Waals surface area (Å²) >= 11 is 0. The molecule has 112 valence electrons. The Morgan fingerprint density at radius 3 is 2.40 bits per heavy atom. The van der Waals surface area contributed by atoms with Gasteiger partial charge in [0.2, 0.25) is 0 Å². The van der Waals surface area contributed by atoms with Gasteiger partial charge in [-0.1, -0.05) is 26.2 Å². The van der Waals surface area contributed by atoms with Gasteiger partial charge in [0, 0.05) is 23.7 Å². The molecular formula is C16H22F3N. The van der Waals surface area contributed by atoms with Gasteiger partial charge in [0.05, 0.1) is 0 Å². The minimum Gasteiger partial charge on any atom is -0.313 e. The summed E-state index contributed by atoms with van der Waals surface area (Å²) in [4.78, 5) is 0. The van der Waals surface area contributed by atoms with E-state index in [0.717, 1.165) is 37.8 Å². The summed E-state index contributed by atoms with van der Waals surface area (Å²) in [5.41, 5.74) is -0.0179. The van der Waals surface area contributed by atoms with E-state index in [4.69, 9.17) is 0 Å². The Kier molecular flexibility index (Phi) is 5.08. The quantitative estimate of drug-likeness (QED) is 0.853. The highest BCUT2D eigenvalue weighted by atomic mass is 19.1. The van der Waals surface area contributed by atoms with Crippen LogP contribution in [0.15, 0.2) is 12.1 Å². The molecule has 1 aliphatic carbocycles. The molecule has 0 radical (unpaired) electrons. The van der Waals surface area contributed by atoms with Gasteiger partial charge in [0.15, 0.2) is 0 Å². The fourth-order valence-electron chi connectivity index (χ4n) is 3.47. The molecule has 3 unspecified atom stereocenters. The lowest BCUT2D eigenvalue weighted by molar-refractivity contribution is 0.209. The van der Waals surface area contributed by atoms with Crippen LogP contribution in [0, 0.1) is 29.3 Å². The predicted octanol–water partition coefficient (Wildman–Crippen LogP) is 4.58. The maximum atomic E-state index is 14.0. The molecule has 0 aliphatic heterocycles. The molecule has 0 heterocycles. The maximum Gasteiger partial charge on any atom is 0.133 e. The Morgan fingerprint density at radius 1 is 1.20 bits per heavy atom. The molecule has 1 aliphatic rings. The van der Waals surface area contributed by atoms with Gasteiger partial charge in [-0.15, -0.1) is 0 Å². The van der Waals surface area contributed by atoms with Gasteiger partial charge in [0.25, 0.3) is 0 Å². The lowest BCUT2D eigenvalue weighted by Gasteiger charge is -2.34. The summed E-state index contributed by atoms with van der Waals surface area (Å²) < 4.78 is 41.0. The molecule has 1 nitrogen and oxygen atoms in total. The molecule has 2 rings (SSSR count). The smallest absolute Gasteiger partial charge is 0.133 e. The highest BCUT2D eigenvalue weighted by Gasteiger charge is 2.31. The molecule has 0 saturated heterocycles. The van der Waals surface area contributed by atoms with Crippen molar-refractivity contribution < 1.29 is 13.2 Å². The fraction of sp³-hybridized carbons (Fsp3) is 0.625. The van der Waals surface area contributed by atoms with Crippen molar-refractivity contribution in [2.24, 2.45) is 11.8 Å². The molecule has 4 heteroatoms. The van der Waals surface area contributed by atoms with E-state index >= 15 is 0 Å². The first-order valence-electron chi connectivity index (χ1n) is 7.38. The van der Waals surface area contributed by atoms with Crippen LogP contribution in [0.1, 0.15) is 50.6 Å². The SMILES string of the molecule is CCC1CCCC(C(NC)c2c(F)cc(F)cc2F)C1. The second kappa shape index (κ2) is 6.61. The molecule has 20 heavy (non-hydrogen) atoms. The van der Waals surface area contributed by atoms with Crippen LogP contribution in [0.2, 0.25) is 0 Å². The molecule has 1 aromatic rings. The number of hydrogen-bond acceptors (Lipinski definition) is 1. The largest absolute Gasteiger partial charge is 0.313 e. The van der Waals surface area contributed by atoms with Gasteiger partial charge >= 0.3 is 0 Å². The van der Waals surface area contributed by atoms with Crippen molar-refractivity contribution in [3.63, 3.8) is 0 Å². The van der Waals surface area contributed by atoms with Crippen molar-refractivity contribution in [2.45, 2.75) is 45.1 Å². The van der Waals surface area contributed by atoms with Crippen molar-refractivity contribution in [1.82, 2.24) is 5.32 Å². The van der Waals surface area contributed by atoms with Crippen LogP contribution in [-0.2, 0) is 0 Å². The molecule has 1 fully saturated rings. The summed E-state index contributed by atoms with van der Waals surface area (Å²) in [5, 5.41) is 3.03. The first-order chi connectivity index (χ1) is 9.56. The maximum absolute atomic E-state index is 14.0. The molecule has 1 N–H and O–H groups in total. The van der Waals surface area contributed by atoms with Gasteiger partial charge in [-0.05, 0) is 31.7 Å². The second-order valence-electron chi connectivity index (χ2n) is 5.75. The summed E-state index contributed by atoms with van der Waals surface area (Å²) in [5.74, 6) is -1.63. The number of benzene rings is 1. The number of halogens is 3. The van der Waals surface area contributed by atoms with Gasteiger partial charge in [-0.25, -0.2) is 13.2 Å². The molecular weight excluding hydrogens is 263 g/mol. The van der Waals surface area contributed by atoms with E-state index in [2.05, 4.69) is 12.2 Å². The Labute approximate surface area is 118 Å². The number of rotatable bonds is 4. The van der Waals surface area contributed by atoms with Crippen molar-refractivity contribution in [1.29, 1.82) is 0 Å². The highest BCUT2D eigenvalue weighted by molar-refractivity contribution is 5.25. The average Bonchev–Trinajstić information content (AvgIpc) is 2.42. The normalized spacial score (nSPS) is 24.6. The van der Waals surface area contributed by atoms with E-state index in [-0.39, 0.29) is 17.5 Å². The Hall–Kier alpha value is -1.03. The third-order valence-corrected chi connectivity index (χ3v) is 4.54. The van der Waals surface area contributed by atoms with Crippen LogP contribution in [0.4, 0.5) is 13.2 Å². The third-order valence-electron chi connectivity index (χ3n) is 4.54.